The molecule has 0 unspecified atom stereocenters. The van der Waals surface area contributed by atoms with E-state index in [0.717, 1.165) is 16.2 Å². The number of carbonyl (C=O) groups excluding carboxylic acids is 3. The maximum atomic E-state index is 12.3. The van der Waals surface area contributed by atoms with Gasteiger partial charge in [-0.25, -0.2) is 0 Å². The van der Waals surface area contributed by atoms with E-state index in [0.29, 0.717) is 16.3 Å². The van der Waals surface area contributed by atoms with Gasteiger partial charge in [0.05, 0.1) is 11.1 Å². The first-order valence-electron chi connectivity index (χ1n) is 6.13. The number of amides is 3. The normalized spacial score (nSPS) is 15.0. The Morgan fingerprint density at radius 1 is 1.24 bits per heavy atom. The molecule has 2 heterocycles. The van der Waals surface area contributed by atoms with E-state index in [4.69, 9.17) is 0 Å². The smallest absolute Gasteiger partial charge is 0.262 e. The van der Waals surface area contributed by atoms with Crippen LogP contribution in [0.25, 0.3) is 0 Å². The van der Waals surface area contributed by atoms with E-state index in [1.54, 1.807) is 24.3 Å². The summed E-state index contributed by atoms with van der Waals surface area (Å²) in [5, 5.41) is 10.1. The molecule has 3 rings (SSSR count). The quantitative estimate of drug-likeness (QED) is 0.859. The first-order chi connectivity index (χ1) is 10.1. The van der Waals surface area contributed by atoms with Crippen LogP contribution < -0.4 is 5.32 Å². The third-order valence-corrected chi connectivity index (χ3v) is 3.79. The van der Waals surface area contributed by atoms with Crippen LogP contribution in [0.1, 0.15) is 27.6 Å². The van der Waals surface area contributed by atoms with Crippen molar-refractivity contribution >= 4 is 34.2 Å². The second-order valence-electron chi connectivity index (χ2n) is 4.43. The van der Waals surface area contributed by atoms with E-state index in [2.05, 4.69) is 15.5 Å². The number of hydrogen-bond acceptors (Lipinski definition) is 6. The van der Waals surface area contributed by atoms with E-state index < -0.39 is 23.8 Å². The predicted molar refractivity (Wildman–Crippen MR) is 74.9 cm³/mol. The van der Waals surface area contributed by atoms with Crippen molar-refractivity contribution in [2.45, 2.75) is 13.0 Å². The van der Waals surface area contributed by atoms with Gasteiger partial charge in [-0.2, -0.15) is 0 Å². The largest absolute Gasteiger partial charge is 0.299 e. The van der Waals surface area contributed by atoms with Gasteiger partial charge in [0.2, 0.25) is 11.0 Å². The molecular formula is C13H10N4O3S. The van der Waals surface area contributed by atoms with Crippen LogP contribution in [-0.2, 0) is 4.79 Å². The summed E-state index contributed by atoms with van der Waals surface area (Å²) in [6.07, 6.45) is 0. The molecule has 1 aromatic carbocycles. The molecule has 0 aliphatic carbocycles. The maximum Gasteiger partial charge on any atom is 0.262 e. The van der Waals surface area contributed by atoms with E-state index in [-0.39, 0.29) is 0 Å². The minimum atomic E-state index is -0.929. The maximum absolute atomic E-state index is 12.3. The number of benzene rings is 1. The minimum Gasteiger partial charge on any atom is -0.299 e. The highest BCUT2D eigenvalue weighted by Crippen LogP contribution is 2.24. The lowest BCUT2D eigenvalue weighted by molar-refractivity contribution is -0.119. The van der Waals surface area contributed by atoms with Crippen molar-refractivity contribution in [2.24, 2.45) is 0 Å². The molecule has 21 heavy (non-hydrogen) atoms. The standard InChI is InChI=1S/C13H10N4O3S/c1-7(10(18)15-13-16-14-6-21-13)17-11(19)8-4-2-3-5-9(8)12(17)20/h2-7H,1H3,(H,15,16,18)/t7-/m1/s1. The zero-order valence-corrected chi connectivity index (χ0v) is 11.8. The monoisotopic (exact) mass is 302 g/mol. The van der Waals surface area contributed by atoms with Crippen LogP contribution in [0.4, 0.5) is 5.13 Å². The Hall–Kier alpha value is -2.61. The third-order valence-electron chi connectivity index (χ3n) is 3.18. The molecule has 0 fully saturated rings. The van der Waals surface area contributed by atoms with Crippen molar-refractivity contribution in [1.82, 2.24) is 15.1 Å². The van der Waals surface area contributed by atoms with Gasteiger partial charge in [-0.05, 0) is 19.1 Å². The van der Waals surface area contributed by atoms with Crippen LogP contribution >= 0.6 is 11.3 Å². The topological polar surface area (TPSA) is 92.3 Å². The molecule has 0 saturated heterocycles. The Morgan fingerprint density at radius 2 is 1.86 bits per heavy atom. The van der Waals surface area contributed by atoms with Crippen molar-refractivity contribution in [3.05, 3.63) is 40.9 Å². The minimum absolute atomic E-state index is 0.318. The van der Waals surface area contributed by atoms with Gasteiger partial charge in [-0.15, -0.1) is 10.2 Å². The van der Waals surface area contributed by atoms with Gasteiger partial charge in [0.1, 0.15) is 11.6 Å². The van der Waals surface area contributed by atoms with Gasteiger partial charge in [-0.1, -0.05) is 23.5 Å². The number of hydrogen-bond donors (Lipinski definition) is 1. The lowest BCUT2D eigenvalue weighted by Gasteiger charge is -2.20. The van der Waals surface area contributed by atoms with Crippen molar-refractivity contribution in [3.8, 4) is 0 Å². The van der Waals surface area contributed by atoms with Crippen molar-refractivity contribution in [2.75, 3.05) is 5.32 Å². The Labute approximate surface area is 123 Å². The highest BCUT2D eigenvalue weighted by Gasteiger charge is 2.40. The molecular weight excluding hydrogens is 292 g/mol. The molecule has 1 aliphatic heterocycles. The van der Waals surface area contributed by atoms with Crippen LogP contribution in [0, 0.1) is 0 Å². The molecule has 0 spiro atoms. The van der Waals surface area contributed by atoms with Crippen molar-refractivity contribution in [3.63, 3.8) is 0 Å². The molecule has 106 valence electrons. The van der Waals surface area contributed by atoms with Gasteiger partial charge in [-0.3, -0.25) is 24.6 Å². The molecule has 3 amide bonds. The number of anilines is 1. The number of rotatable bonds is 3. The number of fused-ring (bicyclic) bond motifs is 1. The number of carbonyl (C=O) groups is 3. The van der Waals surface area contributed by atoms with Gasteiger partial charge in [0.25, 0.3) is 11.8 Å². The summed E-state index contributed by atoms with van der Waals surface area (Å²) in [4.78, 5) is 37.6. The summed E-state index contributed by atoms with van der Waals surface area (Å²) in [5.41, 5.74) is 2.11. The zero-order valence-electron chi connectivity index (χ0n) is 10.9. The second-order valence-corrected chi connectivity index (χ2v) is 5.27. The molecule has 1 aliphatic rings. The lowest BCUT2D eigenvalue weighted by Crippen LogP contribution is -2.45. The van der Waals surface area contributed by atoms with Crippen LogP contribution in [0.15, 0.2) is 29.8 Å². The molecule has 0 radical (unpaired) electrons. The number of imide groups is 1. The summed E-state index contributed by atoms with van der Waals surface area (Å²) in [5.74, 6) is -1.41. The third kappa shape index (κ3) is 2.19. The van der Waals surface area contributed by atoms with E-state index in [1.165, 1.54) is 12.4 Å². The average Bonchev–Trinajstić information content (AvgIpc) is 3.07. The number of nitrogens with one attached hydrogen (secondary N) is 1. The molecule has 1 aromatic heterocycles. The first kappa shape index (κ1) is 13.4. The number of aromatic nitrogens is 2. The van der Waals surface area contributed by atoms with Gasteiger partial charge in [0, 0.05) is 0 Å². The fourth-order valence-electron chi connectivity index (χ4n) is 2.11. The predicted octanol–water partition coefficient (Wildman–Crippen LogP) is 1.16. The fourth-order valence-corrected chi connectivity index (χ4v) is 2.56. The lowest BCUT2D eigenvalue weighted by atomic mass is 10.1. The molecule has 1 N–H and O–H groups in total. The summed E-state index contributed by atoms with van der Waals surface area (Å²) in [7, 11) is 0. The van der Waals surface area contributed by atoms with E-state index in [9.17, 15) is 14.4 Å². The van der Waals surface area contributed by atoms with E-state index in [1.807, 2.05) is 0 Å². The molecule has 0 bridgehead atoms. The van der Waals surface area contributed by atoms with Gasteiger partial charge < -0.3 is 0 Å². The Morgan fingerprint density at radius 3 is 2.38 bits per heavy atom. The molecule has 8 heteroatoms. The van der Waals surface area contributed by atoms with Crippen molar-refractivity contribution < 1.29 is 14.4 Å². The van der Waals surface area contributed by atoms with Crippen LogP contribution in [0.2, 0.25) is 0 Å². The average molecular weight is 302 g/mol. The zero-order chi connectivity index (χ0) is 15.0. The van der Waals surface area contributed by atoms with Crippen molar-refractivity contribution in [1.29, 1.82) is 0 Å². The van der Waals surface area contributed by atoms with Gasteiger partial charge >= 0.3 is 0 Å². The molecule has 0 saturated carbocycles. The molecule has 2 aromatic rings. The van der Waals surface area contributed by atoms with Gasteiger partial charge in [0.15, 0.2) is 0 Å². The molecule has 1 atom stereocenters. The Kier molecular flexibility index (Phi) is 3.22. The Balaban J connectivity index is 1.83. The summed E-state index contributed by atoms with van der Waals surface area (Å²) < 4.78 is 0. The number of nitrogens with zero attached hydrogens (tertiary/aromatic N) is 3. The van der Waals surface area contributed by atoms with E-state index >= 15 is 0 Å². The summed E-state index contributed by atoms with van der Waals surface area (Å²) in [6.45, 7) is 1.50. The SMILES string of the molecule is C[C@H](C(=O)Nc1nncs1)N1C(=O)c2ccccc2C1=O. The highest BCUT2D eigenvalue weighted by molar-refractivity contribution is 7.13. The first-order valence-corrected chi connectivity index (χ1v) is 7.01. The summed E-state index contributed by atoms with van der Waals surface area (Å²) in [6, 6.07) is 5.58. The second kappa shape index (κ2) is 5.06. The van der Waals surface area contributed by atoms with Crippen LogP contribution in [0.5, 0.6) is 0 Å². The Bertz CT molecular complexity index is 694. The highest BCUT2D eigenvalue weighted by atomic mass is 32.1. The summed E-state index contributed by atoms with van der Waals surface area (Å²) >= 11 is 1.16. The fraction of sp³-hybridized carbons (Fsp3) is 0.154. The van der Waals surface area contributed by atoms with Crippen LogP contribution in [0.3, 0.4) is 0 Å². The van der Waals surface area contributed by atoms with Crippen LogP contribution in [-0.4, -0.2) is 38.9 Å². The molecule has 7 nitrogen and oxygen atoms in total.